The lowest BCUT2D eigenvalue weighted by molar-refractivity contribution is -0.137. The van der Waals surface area contributed by atoms with E-state index in [9.17, 15) is 9.59 Å². The van der Waals surface area contributed by atoms with E-state index in [0.717, 1.165) is 18.1 Å². The lowest BCUT2D eigenvalue weighted by atomic mass is 10.1. The third-order valence-electron chi connectivity index (χ3n) is 3.87. The number of hydrogen-bond acceptors (Lipinski definition) is 6. The molecule has 0 amide bonds. The minimum atomic E-state index is -0.452. The lowest BCUT2D eigenvalue weighted by Gasteiger charge is -2.11. The SMILES string of the molecule is C=CC(=O)OCCCCOc1ccc(C(=O)Oc2cccc(OC)c2)cc1C. The number of rotatable bonds is 10. The Morgan fingerprint density at radius 3 is 2.50 bits per heavy atom. The maximum atomic E-state index is 12.3. The fraction of sp³-hybridized carbons (Fsp3) is 0.273. The number of hydrogen-bond donors (Lipinski definition) is 0. The third-order valence-corrected chi connectivity index (χ3v) is 3.87. The molecule has 6 heteroatoms. The first-order valence-electron chi connectivity index (χ1n) is 8.92. The zero-order valence-electron chi connectivity index (χ0n) is 16.1. The van der Waals surface area contributed by atoms with Crippen LogP contribution in [0.3, 0.4) is 0 Å². The molecule has 28 heavy (non-hydrogen) atoms. The van der Waals surface area contributed by atoms with E-state index in [1.54, 1.807) is 49.6 Å². The molecule has 0 aliphatic rings. The molecule has 0 aromatic heterocycles. The van der Waals surface area contributed by atoms with Gasteiger partial charge in [0, 0.05) is 12.1 Å². The van der Waals surface area contributed by atoms with E-state index in [0.29, 0.717) is 42.4 Å². The van der Waals surface area contributed by atoms with Crippen LogP contribution >= 0.6 is 0 Å². The number of carbonyl (C=O) groups excluding carboxylic acids is 2. The topological polar surface area (TPSA) is 71.1 Å². The van der Waals surface area contributed by atoms with Crippen LogP contribution < -0.4 is 14.2 Å². The van der Waals surface area contributed by atoms with Crippen molar-refractivity contribution in [3.63, 3.8) is 0 Å². The monoisotopic (exact) mass is 384 g/mol. The van der Waals surface area contributed by atoms with Gasteiger partial charge in [-0.2, -0.15) is 0 Å². The Kier molecular flexibility index (Phi) is 8.09. The van der Waals surface area contributed by atoms with Crippen LogP contribution in [0.25, 0.3) is 0 Å². The number of unbranched alkanes of at least 4 members (excludes halogenated alkanes) is 1. The normalized spacial score (nSPS) is 10.1. The summed E-state index contributed by atoms with van der Waals surface area (Å²) in [6.07, 6.45) is 2.58. The molecule has 0 N–H and O–H groups in total. The second-order valence-electron chi connectivity index (χ2n) is 5.98. The highest BCUT2D eigenvalue weighted by molar-refractivity contribution is 5.91. The molecule has 0 unspecified atom stereocenters. The molecule has 0 bridgehead atoms. The van der Waals surface area contributed by atoms with E-state index in [4.69, 9.17) is 18.9 Å². The van der Waals surface area contributed by atoms with Crippen LogP contribution in [0.1, 0.15) is 28.8 Å². The standard InChI is InChI=1S/C22H24O6/c1-4-21(23)27-13-6-5-12-26-20-11-10-17(14-16(20)2)22(24)28-19-9-7-8-18(15-19)25-3/h4,7-11,14-15H,1,5-6,12-13H2,2-3H3. The van der Waals surface area contributed by atoms with Crippen molar-refractivity contribution in [3.8, 4) is 17.2 Å². The first-order chi connectivity index (χ1) is 13.5. The first kappa shape index (κ1) is 21.0. The largest absolute Gasteiger partial charge is 0.497 e. The summed E-state index contributed by atoms with van der Waals surface area (Å²) in [7, 11) is 1.55. The van der Waals surface area contributed by atoms with Crippen LogP contribution in [0.15, 0.2) is 55.1 Å². The fourth-order valence-corrected chi connectivity index (χ4v) is 2.39. The molecule has 6 nitrogen and oxygen atoms in total. The third kappa shape index (κ3) is 6.46. The Morgan fingerprint density at radius 1 is 1.04 bits per heavy atom. The zero-order valence-corrected chi connectivity index (χ0v) is 16.1. The average molecular weight is 384 g/mol. The van der Waals surface area contributed by atoms with E-state index >= 15 is 0 Å². The van der Waals surface area contributed by atoms with Crippen LogP contribution in [0.4, 0.5) is 0 Å². The number of carbonyl (C=O) groups is 2. The van der Waals surface area contributed by atoms with Gasteiger partial charge < -0.3 is 18.9 Å². The van der Waals surface area contributed by atoms with Crippen LogP contribution in [-0.4, -0.2) is 32.3 Å². The molecule has 0 spiro atoms. The van der Waals surface area contributed by atoms with Crippen LogP contribution in [-0.2, 0) is 9.53 Å². The minimum absolute atomic E-state index is 0.336. The summed E-state index contributed by atoms with van der Waals surface area (Å²) in [4.78, 5) is 23.3. The number of aryl methyl sites for hydroxylation is 1. The maximum absolute atomic E-state index is 12.3. The van der Waals surface area contributed by atoms with E-state index in [2.05, 4.69) is 6.58 Å². The van der Waals surface area contributed by atoms with Crippen molar-refractivity contribution in [2.75, 3.05) is 20.3 Å². The van der Waals surface area contributed by atoms with Crippen molar-refractivity contribution in [2.45, 2.75) is 19.8 Å². The van der Waals surface area contributed by atoms with E-state index < -0.39 is 11.9 Å². The Morgan fingerprint density at radius 2 is 1.79 bits per heavy atom. The summed E-state index contributed by atoms with van der Waals surface area (Å²) in [5, 5.41) is 0. The van der Waals surface area contributed by atoms with Gasteiger partial charge in [-0.1, -0.05) is 12.6 Å². The van der Waals surface area contributed by atoms with Gasteiger partial charge in [-0.25, -0.2) is 9.59 Å². The molecule has 2 rings (SSSR count). The molecule has 0 radical (unpaired) electrons. The van der Waals surface area contributed by atoms with Crippen molar-refractivity contribution in [2.24, 2.45) is 0 Å². The van der Waals surface area contributed by atoms with E-state index in [1.807, 2.05) is 6.92 Å². The van der Waals surface area contributed by atoms with Crippen molar-refractivity contribution in [1.29, 1.82) is 0 Å². The van der Waals surface area contributed by atoms with Crippen molar-refractivity contribution in [3.05, 3.63) is 66.2 Å². The second kappa shape index (κ2) is 10.8. The summed E-state index contributed by atoms with van der Waals surface area (Å²) in [5.74, 6) is 0.852. The van der Waals surface area contributed by atoms with Gasteiger partial charge >= 0.3 is 11.9 Å². The molecule has 0 atom stereocenters. The van der Waals surface area contributed by atoms with Gasteiger partial charge in [-0.3, -0.25) is 0 Å². The number of ether oxygens (including phenoxy) is 4. The molecule has 0 fully saturated rings. The minimum Gasteiger partial charge on any atom is -0.497 e. The molecule has 0 aliphatic carbocycles. The summed E-state index contributed by atoms with van der Waals surface area (Å²) in [6.45, 7) is 6.02. The molecular formula is C22H24O6. The highest BCUT2D eigenvalue weighted by atomic mass is 16.5. The molecule has 2 aromatic carbocycles. The summed E-state index contributed by atoms with van der Waals surface area (Å²) < 4.78 is 21.1. The molecule has 0 saturated carbocycles. The second-order valence-corrected chi connectivity index (χ2v) is 5.98. The van der Waals surface area contributed by atoms with Gasteiger partial charge in [0.2, 0.25) is 0 Å². The van der Waals surface area contributed by atoms with Gasteiger partial charge in [0.25, 0.3) is 0 Å². The van der Waals surface area contributed by atoms with Gasteiger partial charge in [0.1, 0.15) is 17.2 Å². The van der Waals surface area contributed by atoms with E-state index in [-0.39, 0.29) is 0 Å². The van der Waals surface area contributed by atoms with Crippen molar-refractivity contribution >= 4 is 11.9 Å². The number of benzene rings is 2. The van der Waals surface area contributed by atoms with Crippen LogP contribution in [0.2, 0.25) is 0 Å². The quantitative estimate of drug-likeness (QED) is 0.266. The molecule has 0 saturated heterocycles. The fourth-order valence-electron chi connectivity index (χ4n) is 2.39. The predicted molar refractivity (Wildman–Crippen MR) is 105 cm³/mol. The smallest absolute Gasteiger partial charge is 0.343 e. The van der Waals surface area contributed by atoms with Gasteiger partial charge in [-0.15, -0.1) is 0 Å². The highest BCUT2D eigenvalue weighted by Crippen LogP contribution is 2.23. The summed E-state index contributed by atoms with van der Waals surface area (Å²) >= 11 is 0. The Balaban J connectivity index is 1.84. The molecule has 0 heterocycles. The molecule has 2 aromatic rings. The Bertz CT molecular complexity index is 828. The Labute approximate surface area is 164 Å². The first-order valence-corrected chi connectivity index (χ1v) is 8.92. The summed E-state index contributed by atoms with van der Waals surface area (Å²) in [6, 6.07) is 12.0. The Hall–Kier alpha value is -3.28. The van der Waals surface area contributed by atoms with E-state index in [1.165, 1.54) is 0 Å². The van der Waals surface area contributed by atoms with Gasteiger partial charge in [0.05, 0.1) is 25.9 Å². The van der Waals surface area contributed by atoms with Crippen LogP contribution in [0.5, 0.6) is 17.2 Å². The molecule has 0 aliphatic heterocycles. The van der Waals surface area contributed by atoms with Gasteiger partial charge in [-0.05, 0) is 55.7 Å². The maximum Gasteiger partial charge on any atom is 0.343 e. The number of esters is 2. The predicted octanol–water partition coefficient (Wildman–Crippen LogP) is 4.11. The van der Waals surface area contributed by atoms with Crippen molar-refractivity contribution < 1.29 is 28.5 Å². The van der Waals surface area contributed by atoms with Crippen LogP contribution in [0, 0.1) is 6.92 Å². The molecule has 148 valence electrons. The zero-order chi connectivity index (χ0) is 20.4. The van der Waals surface area contributed by atoms with Gasteiger partial charge in [0.15, 0.2) is 0 Å². The number of methoxy groups -OCH3 is 1. The average Bonchev–Trinajstić information content (AvgIpc) is 2.71. The highest BCUT2D eigenvalue weighted by Gasteiger charge is 2.11. The molecular weight excluding hydrogens is 360 g/mol. The van der Waals surface area contributed by atoms with Crippen molar-refractivity contribution in [1.82, 2.24) is 0 Å². The summed E-state index contributed by atoms with van der Waals surface area (Å²) in [5.41, 5.74) is 1.27. The lowest BCUT2D eigenvalue weighted by Crippen LogP contribution is -2.09.